The SMILES string of the molecule is CC1(C)CN(c2ccc(OC(=O)c3ccccc3)cc2)NC1=O. The third kappa shape index (κ3) is 3.18. The van der Waals surface area contributed by atoms with E-state index in [0.717, 1.165) is 5.69 Å². The van der Waals surface area contributed by atoms with Gasteiger partial charge < -0.3 is 4.74 Å². The van der Waals surface area contributed by atoms with Crippen molar-refractivity contribution < 1.29 is 14.3 Å². The highest BCUT2D eigenvalue weighted by Crippen LogP contribution is 2.28. The lowest BCUT2D eigenvalue weighted by Crippen LogP contribution is -2.33. The van der Waals surface area contributed by atoms with E-state index < -0.39 is 11.4 Å². The molecule has 5 nitrogen and oxygen atoms in total. The Morgan fingerprint density at radius 1 is 1.09 bits per heavy atom. The highest BCUT2D eigenvalue weighted by atomic mass is 16.5. The van der Waals surface area contributed by atoms with Gasteiger partial charge in [0.15, 0.2) is 0 Å². The molecular formula is C18H18N2O3. The zero-order valence-corrected chi connectivity index (χ0v) is 13.1. The third-order valence-electron chi connectivity index (χ3n) is 3.77. The van der Waals surface area contributed by atoms with Crippen LogP contribution in [0.25, 0.3) is 0 Å². The Bertz CT molecular complexity index is 724. The van der Waals surface area contributed by atoms with Gasteiger partial charge in [-0.3, -0.25) is 15.2 Å². The molecule has 1 saturated heterocycles. The summed E-state index contributed by atoms with van der Waals surface area (Å²) in [5.74, 6) is 0.0680. The van der Waals surface area contributed by atoms with Crippen LogP contribution in [0, 0.1) is 5.41 Å². The molecule has 2 aromatic carbocycles. The van der Waals surface area contributed by atoms with Crippen LogP contribution in [0.1, 0.15) is 24.2 Å². The molecule has 0 spiro atoms. The minimum atomic E-state index is -0.418. The second-order valence-corrected chi connectivity index (χ2v) is 6.16. The van der Waals surface area contributed by atoms with Crippen LogP contribution in [-0.4, -0.2) is 18.4 Å². The fourth-order valence-electron chi connectivity index (χ4n) is 2.37. The summed E-state index contributed by atoms with van der Waals surface area (Å²) < 4.78 is 5.34. The molecule has 0 bridgehead atoms. The number of carbonyl (C=O) groups excluding carboxylic acids is 2. The molecule has 0 aromatic heterocycles. The molecule has 1 N–H and O–H groups in total. The standard InChI is InChI=1S/C18H18N2O3/c1-18(2)12-20(19-17(18)22)14-8-10-15(11-9-14)23-16(21)13-6-4-3-5-7-13/h3-11H,12H2,1-2H3,(H,19,22). The maximum absolute atomic E-state index is 12.0. The summed E-state index contributed by atoms with van der Waals surface area (Å²) >= 11 is 0. The Labute approximate surface area is 134 Å². The van der Waals surface area contributed by atoms with Crippen LogP contribution >= 0.6 is 0 Å². The van der Waals surface area contributed by atoms with E-state index in [9.17, 15) is 9.59 Å². The van der Waals surface area contributed by atoms with Crippen molar-refractivity contribution in [1.82, 2.24) is 5.43 Å². The normalized spacial score (nSPS) is 16.1. The lowest BCUT2D eigenvalue weighted by atomic mass is 9.94. The second-order valence-electron chi connectivity index (χ2n) is 6.16. The molecule has 0 saturated carbocycles. The summed E-state index contributed by atoms with van der Waals surface area (Å²) in [7, 11) is 0. The highest BCUT2D eigenvalue weighted by Gasteiger charge is 2.38. The quantitative estimate of drug-likeness (QED) is 0.699. The van der Waals surface area contributed by atoms with E-state index in [4.69, 9.17) is 4.74 Å². The van der Waals surface area contributed by atoms with E-state index in [1.165, 1.54) is 0 Å². The van der Waals surface area contributed by atoms with Gasteiger partial charge in [-0.1, -0.05) is 18.2 Å². The molecule has 118 valence electrons. The van der Waals surface area contributed by atoms with Crippen molar-refractivity contribution in [3.63, 3.8) is 0 Å². The Kier molecular flexibility index (Phi) is 3.78. The van der Waals surface area contributed by atoms with Crippen molar-refractivity contribution >= 4 is 17.6 Å². The number of anilines is 1. The summed E-state index contributed by atoms with van der Waals surface area (Å²) in [4.78, 5) is 23.8. The topological polar surface area (TPSA) is 58.6 Å². The number of rotatable bonds is 3. The van der Waals surface area contributed by atoms with Gasteiger partial charge in [-0.25, -0.2) is 4.79 Å². The fourth-order valence-corrected chi connectivity index (χ4v) is 2.37. The van der Waals surface area contributed by atoms with Gasteiger partial charge in [-0.05, 0) is 50.2 Å². The molecule has 0 radical (unpaired) electrons. The van der Waals surface area contributed by atoms with Gasteiger partial charge in [-0.2, -0.15) is 0 Å². The second kappa shape index (κ2) is 5.76. The molecule has 0 atom stereocenters. The predicted molar refractivity (Wildman–Crippen MR) is 87.1 cm³/mol. The number of hydrogen-bond acceptors (Lipinski definition) is 4. The van der Waals surface area contributed by atoms with Crippen LogP contribution in [0.4, 0.5) is 5.69 Å². The van der Waals surface area contributed by atoms with Gasteiger partial charge in [0.05, 0.1) is 23.2 Å². The first-order valence-corrected chi connectivity index (χ1v) is 7.42. The number of ether oxygens (including phenoxy) is 1. The number of hydrogen-bond donors (Lipinski definition) is 1. The van der Waals surface area contributed by atoms with E-state index in [-0.39, 0.29) is 5.91 Å². The Hall–Kier alpha value is -2.82. The van der Waals surface area contributed by atoms with Crippen LogP contribution < -0.4 is 15.2 Å². The van der Waals surface area contributed by atoms with E-state index in [0.29, 0.717) is 17.9 Å². The summed E-state index contributed by atoms with van der Waals surface area (Å²) in [6.07, 6.45) is 0. The summed E-state index contributed by atoms with van der Waals surface area (Å²) in [5.41, 5.74) is 3.77. The average Bonchev–Trinajstić information content (AvgIpc) is 2.82. The van der Waals surface area contributed by atoms with Crippen LogP contribution in [-0.2, 0) is 4.79 Å². The Morgan fingerprint density at radius 3 is 2.30 bits per heavy atom. The van der Waals surface area contributed by atoms with Gasteiger partial charge in [0.2, 0.25) is 5.91 Å². The largest absolute Gasteiger partial charge is 0.423 e. The Morgan fingerprint density at radius 2 is 1.74 bits per heavy atom. The zero-order chi connectivity index (χ0) is 16.4. The first-order chi connectivity index (χ1) is 11.0. The third-order valence-corrected chi connectivity index (χ3v) is 3.77. The molecule has 0 aliphatic carbocycles. The zero-order valence-electron chi connectivity index (χ0n) is 13.1. The van der Waals surface area contributed by atoms with Gasteiger partial charge >= 0.3 is 5.97 Å². The molecule has 5 heteroatoms. The van der Waals surface area contributed by atoms with Crippen molar-refractivity contribution in [3.05, 3.63) is 60.2 Å². The number of carbonyl (C=O) groups is 2. The van der Waals surface area contributed by atoms with Gasteiger partial charge in [0, 0.05) is 0 Å². The molecule has 1 aliphatic heterocycles. The van der Waals surface area contributed by atoms with Crippen LogP contribution in [0.15, 0.2) is 54.6 Å². The number of benzene rings is 2. The van der Waals surface area contributed by atoms with E-state index in [2.05, 4.69) is 5.43 Å². The van der Waals surface area contributed by atoms with E-state index in [1.807, 2.05) is 32.0 Å². The highest BCUT2D eigenvalue weighted by molar-refractivity contribution is 5.91. The van der Waals surface area contributed by atoms with Gasteiger partial charge in [0.1, 0.15) is 5.75 Å². The Balaban J connectivity index is 1.68. The molecule has 23 heavy (non-hydrogen) atoms. The number of amides is 1. The number of nitrogens with zero attached hydrogens (tertiary/aromatic N) is 1. The molecule has 2 aromatic rings. The smallest absolute Gasteiger partial charge is 0.343 e. The monoisotopic (exact) mass is 310 g/mol. The number of hydrazine groups is 1. The van der Waals surface area contributed by atoms with Crippen LogP contribution in [0.3, 0.4) is 0 Å². The minimum absolute atomic E-state index is 0.00270. The molecule has 3 rings (SSSR count). The molecule has 1 amide bonds. The minimum Gasteiger partial charge on any atom is -0.423 e. The lowest BCUT2D eigenvalue weighted by Gasteiger charge is -2.19. The average molecular weight is 310 g/mol. The molecule has 1 aliphatic rings. The molecule has 0 unspecified atom stereocenters. The molecule has 1 heterocycles. The maximum atomic E-state index is 12.0. The summed E-state index contributed by atoms with van der Waals surface area (Å²) in [6, 6.07) is 15.9. The molecule has 1 fully saturated rings. The predicted octanol–water partition coefficient (Wildman–Crippen LogP) is 2.78. The van der Waals surface area contributed by atoms with E-state index in [1.54, 1.807) is 41.4 Å². The van der Waals surface area contributed by atoms with E-state index >= 15 is 0 Å². The lowest BCUT2D eigenvalue weighted by molar-refractivity contribution is -0.125. The van der Waals surface area contributed by atoms with Crippen molar-refractivity contribution in [2.75, 3.05) is 11.6 Å². The number of esters is 1. The van der Waals surface area contributed by atoms with Crippen molar-refractivity contribution in [3.8, 4) is 5.75 Å². The first kappa shape index (κ1) is 15.1. The van der Waals surface area contributed by atoms with Crippen molar-refractivity contribution in [2.24, 2.45) is 5.41 Å². The summed E-state index contributed by atoms with van der Waals surface area (Å²) in [5, 5.41) is 1.80. The molecular weight excluding hydrogens is 292 g/mol. The van der Waals surface area contributed by atoms with Crippen molar-refractivity contribution in [1.29, 1.82) is 0 Å². The van der Waals surface area contributed by atoms with Crippen LogP contribution in [0.5, 0.6) is 5.75 Å². The number of nitrogens with one attached hydrogen (secondary N) is 1. The van der Waals surface area contributed by atoms with Gasteiger partial charge in [-0.15, -0.1) is 0 Å². The van der Waals surface area contributed by atoms with Crippen molar-refractivity contribution in [2.45, 2.75) is 13.8 Å². The van der Waals surface area contributed by atoms with Gasteiger partial charge in [0.25, 0.3) is 0 Å². The van der Waals surface area contributed by atoms with Crippen LogP contribution in [0.2, 0.25) is 0 Å². The summed E-state index contributed by atoms with van der Waals surface area (Å²) in [6.45, 7) is 4.39. The fraction of sp³-hybridized carbons (Fsp3) is 0.222. The first-order valence-electron chi connectivity index (χ1n) is 7.42. The maximum Gasteiger partial charge on any atom is 0.343 e.